The molecule has 1 fully saturated rings. The Morgan fingerprint density at radius 3 is 2.27 bits per heavy atom. The molecule has 1 aromatic heterocycles. The van der Waals surface area contributed by atoms with Crippen LogP contribution in [0.15, 0.2) is 54.6 Å². The van der Waals surface area contributed by atoms with Crippen LogP contribution in [0.2, 0.25) is 0 Å². The lowest BCUT2D eigenvalue weighted by atomic mass is 10.0. The van der Waals surface area contributed by atoms with Gasteiger partial charge in [-0.1, -0.05) is 44.2 Å². The van der Waals surface area contributed by atoms with E-state index in [1.165, 1.54) is 11.3 Å². The lowest BCUT2D eigenvalue weighted by Gasteiger charge is -2.41. The average molecular weight is 407 g/mol. The van der Waals surface area contributed by atoms with Crippen LogP contribution in [0, 0.1) is 5.92 Å². The fourth-order valence-electron chi connectivity index (χ4n) is 4.23. The third-order valence-electron chi connectivity index (χ3n) is 5.78. The summed E-state index contributed by atoms with van der Waals surface area (Å²) in [4.78, 5) is 4.96. The fraction of sp³-hybridized carbons (Fsp3) is 0.435. The maximum absolute atomic E-state index is 5.28. The van der Waals surface area contributed by atoms with Crippen molar-refractivity contribution >= 4 is 5.69 Å². The second-order valence-electron chi connectivity index (χ2n) is 8.09. The number of tetrazole rings is 1. The first-order valence-electron chi connectivity index (χ1n) is 10.6. The Balaban J connectivity index is 1.46. The maximum atomic E-state index is 5.28. The predicted molar refractivity (Wildman–Crippen MR) is 118 cm³/mol. The lowest BCUT2D eigenvalue weighted by molar-refractivity contribution is 0.135. The molecule has 0 unspecified atom stereocenters. The van der Waals surface area contributed by atoms with Crippen LogP contribution in [0.4, 0.5) is 5.69 Å². The van der Waals surface area contributed by atoms with Gasteiger partial charge in [0.1, 0.15) is 5.75 Å². The van der Waals surface area contributed by atoms with Gasteiger partial charge in [-0.25, -0.2) is 4.68 Å². The van der Waals surface area contributed by atoms with Crippen LogP contribution in [0.3, 0.4) is 0 Å². The molecule has 0 spiro atoms. The number of ether oxygens (including phenoxy) is 1. The summed E-state index contributed by atoms with van der Waals surface area (Å²) < 4.78 is 7.23. The molecular formula is C23H30N6O. The van der Waals surface area contributed by atoms with Crippen molar-refractivity contribution in [2.45, 2.75) is 26.4 Å². The first kappa shape index (κ1) is 20.3. The van der Waals surface area contributed by atoms with Crippen molar-refractivity contribution in [3.8, 4) is 5.75 Å². The first-order chi connectivity index (χ1) is 14.7. The monoisotopic (exact) mass is 406 g/mol. The van der Waals surface area contributed by atoms with Crippen LogP contribution in [-0.2, 0) is 6.54 Å². The smallest absolute Gasteiger partial charge is 0.169 e. The zero-order chi connectivity index (χ0) is 20.9. The van der Waals surface area contributed by atoms with Crippen LogP contribution in [-0.4, -0.2) is 58.4 Å². The molecule has 0 bridgehead atoms. The molecule has 2 aromatic carbocycles. The molecule has 0 N–H and O–H groups in total. The normalized spacial score (nSPS) is 16.1. The van der Waals surface area contributed by atoms with Crippen LogP contribution < -0.4 is 9.64 Å². The van der Waals surface area contributed by atoms with E-state index in [0.29, 0.717) is 12.5 Å². The molecular weight excluding hydrogens is 376 g/mol. The van der Waals surface area contributed by atoms with E-state index in [4.69, 9.17) is 4.74 Å². The van der Waals surface area contributed by atoms with Crippen LogP contribution in [0.1, 0.15) is 31.3 Å². The molecule has 0 aliphatic carbocycles. The zero-order valence-electron chi connectivity index (χ0n) is 18.0. The second kappa shape index (κ2) is 9.26. The molecule has 1 saturated heterocycles. The van der Waals surface area contributed by atoms with Gasteiger partial charge in [-0.05, 0) is 46.2 Å². The Kier molecular flexibility index (Phi) is 6.28. The molecule has 158 valence electrons. The number of methoxy groups -OCH3 is 1. The van der Waals surface area contributed by atoms with Gasteiger partial charge in [-0.2, -0.15) is 0 Å². The van der Waals surface area contributed by atoms with Crippen molar-refractivity contribution in [3.05, 3.63) is 66.0 Å². The summed E-state index contributed by atoms with van der Waals surface area (Å²) in [5, 5.41) is 12.7. The Hall–Kier alpha value is -2.93. The van der Waals surface area contributed by atoms with Gasteiger partial charge in [0.15, 0.2) is 5.82 Å². The third kappa shape index (κ3) is 4.46. The van der Waals surface area contributed by atoms with Crippen molar-refractivity contribution < 1.29 is 4.74 Å². The van der Waals surface area contributed by atoms with Gasteiger partial charge >= 0.3 is 0 Å². The fourth-order valence-corrected chi connectivity index (χ4v) is 4.23. The molecule has 1 aliphatic heterocycles. The summed E-state index contributed by atoms with van der Waals surface area (Å²) in [6.07, 6.45) is 0. The highest BCUT2D eigenvalue weighted by Crippen LogP contribution is 2.29. The quantitative estimate of drug-likeness (QED) is 0.600. The third-order valence-corrected chi connectivity index (χ3v) is 5.78. The van der Waals surface area contributed by atoms with Crippen molar-refractivity contribution in [2.24, 2.45) is 5.92 Å². The number of piperazine rings is 1. The van der Waals surface area contributed by atoms with E-state index >= 15 is 0 Å². The zero-order valence-corrected chi connectivity index (χ0v) is 18.0. The maximum Gasteiger partial charge on any atom is 0.169 e. The Bertz CT molecular complexity index is 916. The molecule has 1 aliphatic rings. The second-order valence-corrected chi connectivity index (χ2v) is 8.09. The van der Waals surface area contributed by atoms with Gasteiger partial charge in [0.2, 0.25) is 0 Å². The molecule has 4 rings (SSSR count). The number of nitrogens with zero attached hydrogens (tertiary/aromatic N) is 6. The van der Waals surface area contributed by atoms with Crippen molar-refractivity contribution in [1.82, 2.24) is 25.1 Å². The Morgan fingerprint density at radius 2 is 1.63 bits per heavy atom. The van der Waals surface area contributed by atoms with E-state index < -0.39 is 0 Å². The van der Waals surface area contributed by atoms with E-state index in [2.05, 4.69) is 75.6 Å². The highest BCUT2D eigenvalue weighted by Gasteiger charge is 2.31. The van der Waals surface area contributed by atoms with Crippen molar-refractivity contribution in [1.29, 1.82) is 0 Å². The first-order valence-corrected chi connectivity index (χ1v) is 10.6. The molecule has 0 radical (unpaired) electrons. The minimum Gasteiger partial charge on any atom is -0.497 e. The molecule has 2 heterocycles. The average Bonchev–Trinajstić information content (AvgIpc) is 3.22. The minimum atomic E-state index is 0.196. The summed E-state index contributed by atoms with van der Waals surface area (Å²) in [7, 11) is 1.70. The molecule has 1 atom stereocenters. The van der Waals surface area contributed by atoms with Gasteiger partial charge in [0, 0.05) is 31.9 Å². The molecule has 30 heavy (non-hydrogen) atoms. The number of rotatable bonds is 7. The number of hydrogen-bond acceptors (Lipinski definition) is 6. The molecule has 7 heteroatoms. The molecule has 3 aromatic rings. The summed E-state index contributed by atoms with van der Waals surface area (Å²) in [5.41, 5.74) is 2.45. The van der Waals surface area contributed by atoms with Crippen molar-refractivity contribution in [3.63, 3.8) is 0 Å². The molecule has 7 nitrogen and oxygen atoms in total. The van der Waals surface area contributed by atoms with E-state index in [-0.39, 0.29) is 6.04 Å². The van der Waals surface area contributed by atoms with E-state index in [0.717, 1.165) is 37.8 Å². The Labute approximate surface area is 178 Å². The van der Waals surface area contributed by atoms with Gasteiger partial charge in [-0.3, -0.25) is 4.90 Å². The van der Waals surface area contributed by atoms with E-state index in [1.807, 2.05) is 22.9 Å². The highest BCUT2D eigenvalue weighted by atomic mass is 16.5. The van der Waals surface area contributed by atoms with Crippen LogP contribution in [0.25, 0.3) is 0 Å². The van der Waals surface area contributed by atoms with E-state index in [1.54, 1.807) is 7.11 Å². The Morgan fingerprint density at radius 1 is 0.933 bits per heavy atom. The summed E-state index contributed by atoms with van der Waals surface area (Å²) >= 11 is 0. The standard InChI is InChI=1S/C23H30N6O/c1-18(2)22(23-24-25-26-29(23)17-19-7-5-4-6-8-19)28-15-13-27(14-16-28)20-9-11-21(30-3)12-10-20/h4-12,18,22H,13-17H2,1-3H3/t22-/m0/s1. The van der Waals surface area contributed by atoms with Crippen molar-refractivity contribution in [2.75, 3.05) is 38.2 Å². The van der Waals surface area contributed by atoms with Crippen LogP contribution >= 0.6 is 0 Å². The highest BCUT2D eigenvalue weighted by molar-refractivity contribution is 5.49. The SMILES string of the molecule is COc1ccc(N2CCN([C@H](c3nnnn3Cc3ccccc3)C(C)C)CC2)cc1. The summed E-state index contributed by atoms with van der Waals surface area (Å²) in [6.45, 7) is 9.12. The largest absolute Gasteiger partial charge is 0.497 e. The lowest BCUT2D eigenvalue weighted by Crippen LogP contribution is -2.49. The minimum absolute atomic E-state index is 0.196. The molecule has 0 saturated carbocycles. The molecule has 0 amide bonds. The number of anilines is 1. The predicted octanol–water partition coefficient (Wildman–Crippen LogP) is 3.25. The summed E-state index contributed by atoms with van der Waals surface area (Å²) in [6, 6.07) is 18.9. The van der Waals surface area contributed by atoms with Gasteiger partial charge in [-0.15, -0.1) is 5.10 Å². The van der Waals surface area contributed by atoms with E-state index in [9.17, 15) is 0 Å². The number of benzene rings is 2. The number of aromatic nitrogens is 4. The number of hydrogen-bond donors (Lipinski definition) is 0. The van der Waals surface area contributed by atoms with Gasteiger partial charge in [0.25, 0.3) is 0 Å². The van der Waals surface area contributed by atoms with Gasteiger partial charge < -0.3 is 9.64 Å². The van der Waals surface area contributed by atoms with Gasteiger partial charge in [0.05, 0.1) is 19.7 Å². The van der Waals surface area contributed by atoms with Crippen LogP contribution in [0.5, 0.6) is 5.75 Å². The topological polar surface area (TPSA) is 59.3 Å². The summed E-state index contributed by atoms with van der Waals surface area (Å²) in [5.74, 6) is 2.26.